The van der Waals surface area contributed by atoms with Crippen LogP contribution in [0.15, 0.2) is 18.3 Å². The summed E-state index contributed by atoms with van der Waals surface area (Å²) in [4.78, 5) is 4.37. The van der Waals surface area contributed by atoms with E-state index < -0.39 is 0 Å². The van der Waals surface area contributed by atoms with Crippen LogP contribution in [0.3, 0.4) is 0 Å². The standard InChI is InChI=1S/C12H20N2S/c1-3-7-13-12-6-5-11(9-14-12)10-15-8-4-2/h5-6,9H,3-4,7-8,10H2,1-2H3,(H,13,14). The van der Waals surface area contributed by atoms with Crippen molar-refractivity contribution in [2.24, 2.45) is 0 Å². The van der Waals surface area contributed by atoms with Gasteiger partial charge in [0.1, 0.15) is 5.82 Å². The van der Waals surface area contributed by atoms with Crippen LogP contribution in [0.5, 0.6) is 0 Å². The average molecular weight is 224 g/mol. The van der Waals surface area contributed by atoms with Gasteiger partial charge in [-0.3, -0.25) is 0 Å². The lowest BCUT2D eigenvalue weighted by molar-refractivity contribution is 0.968. The van der Waals surface area contributed by atoms with Gasteiger partial charge >= 0.3 is 0 Å². The summed E-state index contributed by atoms with van der Waals surface area (Å²) in [6, 6.07) is 4.23. The maximum atomic E-state index is 4.37. The van der Waals surface area contributed by atoms with Gasteiger partial charge in [-0.2, -0.15) is 11.8 Å². The number of pyridine rings is 1. The quantitative estimate of drug-likeness (QED) is 0.717. The van der Waals surface area contributed by atoms with Gasteiger partial charge in [-0.25, -0.2) is 4.98 Å². The minimum absolute atomic E-state index is 0.987. The molecule has 0 unspecified atom stereocenters. The van der Waals surface area contributed by atoms with E-state index in [1.807, 2.05) is 18.0 Å². The molecule has 0 amide bonds. The van der Waals surface area contributed by atoms with Crippen LogP contribution >= 0.6 is 11.8 Å². The molecule has 0 saturated carbocycles. The van der Waals surface area contributed by atoms with E-state index in [2.05, 4.69) is 36.3 Å². The summed E-state index contributed by atoms with van der Waals surface area (Å²) < 4.78 is 0. The van der Waals surface area contributed by atoms with Crippen LogP contribution < -0.4 is 5.32 Å². The summed E-state index contributed by atoms with van der Waals surface area (Å²) in [5.41, 5.74) is 1.32. The second-order valence-electron chi connectivity index (χ2n) is 3.53. The first kappa shape index (κ1) is 12.4. The Labute approximate surface area is 96.9 Å². The number of thioether (sulfide) groups is 1. The lowest BCUT2D eigenvalue weighted by atomic mass is 10.3. The summed E-state index contributed by atoms with van der Waals surface area (Å²) in [6.45, 7) is 5.36. The second kappa shape index (κ2) is 7.57. The van der Waals surface area contributed by atoms with E-state index >= 15 is 0 Å². The van der Waals surface area contributed by atoms with Crippen LogP contribution in [0, 0.1) is 0 Å². The third-order valence-corrected chi connectivity index (χ3v) is 3.23. The van der Waals surface area contributed by atoms with Crippen molar-refractivity contribution in [2.45, 2.75) is 32.4 Å². The molecule has 1 aromatic heterocycles. The number of hydrogen-bond acceptors (Lipinski definition) is 3. The molecule has 0 aromatic carbocycles. The molecule has 1 aromatic rings. The van der Waals surface area contributed by atoms with Crippen molar-refractivity contribution in [3.05, 3.63) is 23.9 Å². The molecule has 0 spiro atoms. The van der Waals surface area contributed by atoms with Crippen LogP contribution in [-0.2, 0) is 5.75 Å². The van der Waals surface area contributed by atoms with Gasteiger partial charge in [-0.1, -0.05) is 19.9 Å². The highest BCUT2D eigenvalue weighted by atomic mass is 32.2. The number of anilines is 1. The highest BCUT2D eigenvalue weighted by Gasteiger charge is 1.95. The molecule has 0 radical (unpaired) electrons. The van der Waals surface area contributed by atoms with Gasteiger partial charge in [0, 0.05) is 18.5 Å². The van der Waals surface area contributed by atoms with E-state index in [9.17, 15) is 0 Å². The topological polar surface area (TPSA) is 24.9 Å². The van der Waals surface area contributed by atoms with Crippen molar-refractivity contribution in [3.8, 4) is 0 Å². The van der Waals surface area contributed by atoms with E-state index in [-0.39, 0.29) is 0 Å². The molecule has 0 fully saturated rings. The summed E-state index contributed by atoms with van der Waals surface area (Å²) in [6.07, 6.45) is 4.35. The number of nitrogens with one attached hydrogen (secondary N) is 1. The fourth-order valence-electron chi connectivity index (χ4n) is 1.20. The molecule has 0 aliphatic rings. The van der Waals surface area contributed by atoms with Crippen LogP contribution in [0.1, 0.15) is 32.3 Å². The zero-order valence-corrected chi connectivity index (χ0v) is 10.4. The van der Waals surface area contributed by atoms with Crippen LogP contribution in [0.25, 0.3) is 0 Å². The average Bonchev–Trinajstić information content (AvgIpc) is 2.28. The second-order valence-corrected chi connectivity index (χ2v) is 4.64. The minimum atomic E-state index is 0.987. The molecular weight excluding hydrogens is 204 g/mol. The number of aromatic nitrogens is 1. The maximum Gasteiger partial charge on any atom is 0.125 e. The Morgan fingerprint density at radius 1 is 1.27 bits per heavy atom. The number of rotatable bonds is 7. The van der Waals surface area contributed by atoms with Crippen LogP contribution in [-0.4, -0.2) is 17.3 Å². The molecule has 15 heavy (non-hydrogen) atoms. The van der Waals surface area contributed by atoms with Gasteiger partial charge in [0.15, 0.2) is 0 Å². The van der Waals surface area contributed by atoms with E-state index in [0.29, 0.717) is 0 Å². The lowest BCUT2D eigenvalue weighted by Crippen LogP contribution is -2.01. The van der Waals surface area contributed by atoms with Crippen molar-refractivity contribution in [1.29, 1.82) is 0 Å². The summed E-state index contributed by atoms with van der Waals surface area (Å²) in [7, 11) is 0. The highest BCUT2D eigenvalue weighted by Crippen LogP contribution is 2.13. The van der Waals surface area contributed by atoms with Crippen molar-refractivity contribution in [2.75, 3.05) is 17.6 Å². The van der Waals surface area contributed by atoms with Crippen molar-refractivity contribution in [3.63, 3.8) is 0 Å². The van der Waals surface area contributed by atoms with Crippen molar-refractivity contribution in [1.82, 2.24) is 4.98 Å². The normalized spacial score (nSPS) is 10.3. The van der Waals surface area contributed by atoms with Gasteiger partial charge in [0.25, 0.3) is 0 Å². The fraction of sp³-hybridized carbons (Fsp3) is 0.583. The molecule has 1 heterocycles. The number of hydrogen-bond donors (Lipinski definition) is 1. The van der Waals surface area contributed by atoms with Gasteiger partial charge < -0.3 is 5.32 Å². The molecule has 2 nitrogen and oxygen atoms in total. The Kier molecular flexibility index (Phi) is 6.25. The SMILES string of the molecule is CCCNc1ccc(CSCCC)cn1. The van der Waals surface area contributed by atoms with Crippen LogP contribution in [0.4, 0.5) is 5.82 Å². The first-order chi connectivity index (χ1) is 7.36. The van der Waals surface area contributed by atoms with E-state index in [1.54, 1.807) is 0 Å². The smallest absolute Gasteiger partial charge is 0.125 e. The molecule has 3 heteroatoms. The monoisotopic (exact) mass is 224 g/mol. The molecule has 0 saturated heterocycles. The molecular formula is C12H20N2S. The molecule has 0 aliphatic heterocycles. The summed E-state index contributed by atoms with van der Waals surface area (Å²) >= 11 is 1.97. The third-order valence-electron chi connectivity index (χ3n) is 2.00. The Hall–Kier alpha value is -0.700. The predicted octanol–water partition coefficient (Wildman–Crippen LogP) is 3.55. The zero-order chi connectivity index (χ0) is 10.9. The van der Waals surface area contributed by atoms with Gasteiger partial charge in [-0.15, -0.1) is 0 Å². The first-order valence-electron chi connectivity index (χ1n) is 5.63. The highest BCUT2D eigenvalue weighted by molar-refractivity contribution is 7.98. The molecule has 0 aliphatic carbocycles. The van der Waals surface area contributed by atoms with Gasteiger partial charge in [0.2, 0.25) is 0 Å². The molecule has 84 valence electrons. The van der Waals surface area contributed by atoms with Crippen molar-refractivity contribution >= 4 is 17.6 Å². The molecule has 0 atom stereocenters. The third kappa shape index (κ3) is 5.07. The summed E-state index contributed by atoms with van der Waals surface area (Å²) in [5, 5.41) is 3.27. The molecule has 1 rings (SSSR count). The molecule has 0 bridgehead atoms. The predicted molar refractivity (Wildman–Crippen MR) is 69.5 cm³/mol. The van der Waals surface area contributed by atoms with E-state index in [0.717, 1.165) is 24.5 Å². The largest absolute Gasteiger partial charge is 0.370 e. The fourth-order valence-corrected chi connectivity index (χ4v) is 2.04. The Bertz CT molecular complexity index is 259. The Morgan fingerprint density at radius 3 is 2.73 bits per heavy atom. The summed E-state index contributed by atoms with van der Waals surface area (Å²) in [5.74, 6) is 3.30. The number of nitrogens with zero attached hydrogens (tertiary/aromatic N) is 1. The van der Waals surface area contributed by atoms with Crippen molar-refractivity contribution < 1.29 is 0 Å². The molecule has 1 N–H and O–H groups in total. The lowest BCUT2D eigenvalue weighted by Gasteiger charge is -2.04. The van der Waals surface area contributed by atoms with E-state index in [4.69, 9.17) is 0 Å². The van der Waals surface area contributed by atoms with Gasteiger partial charge in [0.05, 0.1) is 0 Å². The Balaban J connectivity index is 2.35. The minimum Gasteiger partial charge on any atom is -0.370 e. The zero-order valence-electron chi connectivity index (χ0n) is 9.62. The maximum absolute atomic E-state index is 4.37. The first-order valence-corrected chi connectivity index (χ1v) is 6.78. The van der Waals surface area contributed by atoms with E-state index in [1.165, 1.54) is 17.7 Å². The Morgan fingerprint density at radius 2 is 2.13 bits per heavy atom. The van der Waals surface area contributed by atoms with Gasteiger partial charge in [-0.05, 0) is 30.2 Å². The van der Waals surface area contributed by atoms with Crippen LogP contribution in [0.2, 0.25) is 0 Å².